The van der Waals surface area contributed by atoms with Crippen LogP contribution in [-0.4, -0.2) is 36.0 Å². The van der Waals surface area contributed by atoms with E-state index < -0.39 is 24.5 Å². The number of carbonyl (C=O) groups is 3. The first kappa shape index (κ1) is 24.7. The summed E-state index contributed by atoms with van der Waals surface area (Å²) in [5.74, 6) is -0.875. The molecule has 8 nitrogen and oxygen atoms in total. The van der Waals surface area contributed by atoms with E-state index in [-0.39, 0.29) is 18.1 Å². The minimum atomic E-state index is -0.682. The Balaban J connectivity index is 1.31. The highest BCUT2D eigenvalue weighted by molar-refractivity contribution is 7.17. The zero-order valence-corrected chi connectivity index (χ0v) is 21.4. The van der Waals surface area contributed by atoms with Crippen molar-refractivity contribution >= 4 is 45.3 Å². The number of para-hydroxylation sites is 2. The van der Waals surface area contributed by atoms with Crippen molar-refractivity contribution in [2.24, 2.45) is 5.92 Å². The number of aromatic nitrogens is 1. The second-order valence-electron chi connectivity index (χ2n) is 8.93. The number of fused-ring (bicyclic) bond motifs is 2. The summed E-state index contributed by atoms with van der Waals surface area (Å²) in [4.78, 5) is 43.9. The molecule has 1 N–H and O–H groups in total. The number of nitrogens with one attached hydrogen (secondary N) is 1. The summed E-state index contributed by atoms with van der Waals surface area (Å²) in [7, 11) is 0. The molecule has 1 aliphatic rings. The van der Waals surface area contributed by atoms with Gasteiger partial charge in [0.25, 0.3) is 5.91 Å². The van der Waals surface area contributed by atoms with Crippen LogP contribution in [-0.2, 0) is 27.1 Å². The number of anilines is 1. The standard InChI is InChI=1S/C28H26N2O6S/c1-3-34-28(33)24-19-13-12-16(2)14-22(19)37-26(24)30-23(31)15-35-27(32)18-9-5-4-8-17(18)25-29-20-10-6-7-11-21(20)36-25/h4-11,16H,3,12-15H2,1-2H3,(H,30,31). The predicted molar refractivity (Wildman–Crippen MR) is 140 cm³/mol. The number of thiophene rings is 1. The van der Waals surface area contributed by atoms with Crippen molar-refractivity contribution < 1.29 is 28.3 Å². The minimum Gasteiger partial charge on any atom is -0.462 e. The molecule has 1 atom stereocenters. The average molecular weight is 519 g/mol. The Labute approximate surface area is 217 Å². The number of carbonyl (C=O) groups excluding carboxylic acids is 3. The zero-order valence-electron chi connectivity index (χ0n) is 20.5. The molecule has 1 amide bonds. The van der Waals surface area contributed by atoms with Crippen molar-refractivity contribution in [1.82, 2.24) is 4.98 Å². The lowest BCUT2D eigenvalue weighted by Gasteiger charge is -2.18. The third-order valence-corrected chi connectivity index (χ3v) is 7.42. The van der Waals surface area contributed by atoms with Gasteiger partial charge in [-0.1, -0.05) is 31.2 Å². The smallest absolute Gasteiger partial charge is 0.341 e. The number of amides is 1. The van der Waals surface area contributed by atoms with Crippen LogP contribution in [0.3, 0.4) is 0 Å². The van der Waals surface area contributed by atoms with E-state index in [0.29, 0.717) is 33.1 Å². The van der Waals surface area contributed by atoms with Crippen LogP contribution in [0.25, 0.3) is 22.6 Å². The van der Waals surface area contributed by atoms with Crippen LogP contribution < -0.4 is 5.32 Å². The largest absolute Gasteiger partial charge is 0.462 e. The molecule has 0 aliphatic heterocycles. The van der Waals surface area contributed by atoms with Gasteiger partial charge >= 0.3 is 11.9 Å². The Hall–Kier alpha value is -3.98. The first-order chi connectivity index (χ1) is 17.9. The molecule has 0 saturated carbocycles. The molecule has 4 aromatic rings. The highest BCUT2D eigenvalue weighted by Gasteiger charge is 2.29. The van der Waals surface area contributed by atoms with Gasteiger partial charge in [-0.3, -0.25) is 4.79 Å². The summed E-state index contributed by atoms with van der Waals surface area (Å²) in [5.41, 5.74) is 3.33. The number of rotatable bonds is 7. The summed E-state index contributed by atoms with van der Waals surface area (Å²) >= 11 is 1.39. The van der Waals surface area contributed by atoms with Crippen LogP contribution >= 0.6 is 11.3 Å². The topological polar surface area (TPSA) is 108 Å². The van der Waals surface area contributed by atoms with Crippen LogP contribution in [0.4, 0.5) is 5.00 Å². The Morgan fingerprint density at radius 2 is 1.86 bits per heavy atom. The monoisotopic (exact) mass is 518 g/mol. The van der Waals surface area contributed by atoms with Gasteiger partial charge in [-0.25, -0.2) is 14.6 Å². The van der Waals surface area contributed by atoms with Gasteiger partial charge in [0.05, 0.1) is 23.3 Å². The number of nitrogens with zero attached hydrogens (tertiary/aromatic N) is 1. The molecule has 0 saturated heterocycles. The molecule has 2 aromatic carbocycles. The molecule has 0 radical (unpaired) electrons. The maximum absolute atomic E-state index is 12.9. The van der Waals surface area contributed by atoms with Crippen molar-refractivity contribution in [1.29, 1.82) is 0 Å². The molecule has 5 rings (SSSR count). The number of esters is 2. The Bertz CT molecular complexity index is 1450. The fourth-order valence-electron chi connectivity index (χ4n) is 4.46. The van der Waals surface area contributed by atoms with Gasteiger partial charge < -0.3 is 19.2 Å². The Kier molecular flexibility index (Phi) is 7.05. The molecule has 190 valence electrons. The van der Waals surface area contributed by atoms with E-state index in [2.05, 4.69) is 17.2 Å². The first-order valence-electron chi connectivity index (χ1n) is 12.2. The van der Waals surface area contributed by atoms with Gasteiger partial charge in [-0.15, -0.1) is 11.3 Å². The van der Waals surface area contributed by atoms with Gasteiger partial charge in [0.15, 0.2) is 12.2 Å². The second kappa shape index (κ2) is 10.6. The molecule has 1 unspecified atom stereocenters. The van der Waals surface area contributed by atoms with Crippen molar-refractivity contribution in [2.45, 2.75) is 33.1 Å². The molecule has 1 aliphatic carbocycles. The maximum atomic E-state index is 12.9. The normalized spacial score (nSPS) is 14.7. The Morgan fingerprint density at radius 3 is 2.68 bits per heavy atom. The summed E-state index contributed by atoms with van der Waals surface area (Å²) in [6, 6.07) is 14.1. The molecule has 0 bridgehead atoms. The van der Waals surface area contributed by atoms with E-state index in [1.54, 1.807) is 37.3 Å². The van der Waals surface area contributed by atoms with Gasteiger partial charge in [-0.2, -0.15) is 0 Å². The average Bonchev–Trinajstić information content (AvgIpc) is 3.48. The molecule has 0 fully saturated rings. The molecule has 2 heterocycles. The fraction of sp³-hybridized carbons (Fsp3) is 0.286. The summed E-state index contributed by atoms with van der Waals surface area (Å²) in [6.45, 7) is 3.64. The second-order valence-corrected chi connectivity index (χ2v) is 10.0. The molecule has 2 aromatic heterocycles. The SMILES string of the molecule is CCOC(=O)c1c(NC(=O)COC(=O)c2ccccc2-c2nc3ccccc3o2)sc2c1CCC(C)C2. The van der Waals surface area contributed by atoms with Crippen molar-refractivity contribution in [3.8, 4) is 11.5 Å². The molecular formula is C28H26N2O6S. The van der Waals surface area contributed by atoms with E-state index in [1.165, 1.54) is 11.3 Å². The molecule has 0 spiro atoms. The lowest BCUT2D eigenvalue weighted by molar-refractivity contribution is -0.119. The third-order valence-electron chi connectivity index (χ3n) is 6.25. The van der Waals surface area contributed by atoms with Crippen LogP contribution in [0.1, 0.15) is 51.4 Å². The number of oxazole rings is 1. The van der Waals surface area contributed by atoms with Gasteiger partial charge in [0, 0.05) is 4.88 Å². The Morgan fingerprint density at radius 1 is 1.08 bits per heavy atom. The van der Waals surface area contributed by atoms with Gasteiger partial charge in [0.2, 0.25) is 5.89 Å². The number of hydrogen-bond donors (Lipinski definition) is 1. The van der Waals surface area contributed by atoms with Crippen LogP contribution in [0, 0.1) is 5.92 Å². The van der Waals surface area contributed by atoms with E-state index in [1.807, 2.05) is 18.2 Å². The quantitative estimate of drug-likeness (QED) is 0.315. The van der Waals surface area contributed by atoms with Crippen molar-refractivity contribution in [3.05, 3.63) is 70.1 Å². The van der Waals surface area contributed by atoms with Crippen LogP contribution in [0.15, 0.2) is 52.9 Å². The zero-order chi connectivity index (χ0) is 25.9. The van der Waals surface area contributed by atoms with Crippen LogP contribution in [0.5, 0.6) is 0 Å². The summed E-state index contributed by atoms with van der Waals surface area (Å²) in [6.07, 6.45) is 2.59. The highest BCUT2D eigenvalue weighted by atomic mass is 32.1. The number of ether oxygens (including phenoxy) is 2. The minimum absolute atomic E-state index is 0.231. The fourth-order valence-corrected chi connectivity index (χ4v) is 5.88. The molecule has 37 heavy (non-hydrogen) atoms. The predicted octanol–water partition coefficient (Wildman–Crippen LogP) is 5.65. The third kappa shape index (κ3) is 5.13. The molecule has 9 heteroatoms. The van der Waals surface area contributed by atoms with E-state index in [0.717, 1.165) is 29.7 Å². The first-order valence-corrected chi connectivity index (χ1v) is 13.0. The van der Waals surface area contributed by atoms with Crippen molar-refractivity contribution in [2.75, 3.05) is 18.5 Å². The summed E-state index contributed by atoms with van der Waals surface area (Å²) < 4.78 is 16.4. The number of hydrogen-bond acceptors (Lipinski definition) is 8. The lowest BCUT2D eigenvalue weighted by Crippen LogP contribution is -2.22. The maximum Gasteiger partial charge on any atom is 0.341 e. The van der Waals surface area contributed by atoms with E-state index >= 15 is 0 Å². The van der Waals surface area contributed by atoms with E-state index in [4.69, 9.17) is 13.9 Å². The van der Waals surface area contributed by atoms with Crippen molar-refractivity contribution in [3.63, 3.8) is 0 Å². The highest BCUT2D eigenvalue weighted by Crippen LogP contribution is 2.40. The van der Waals surface area contributed by atoms with Crippen LogP contribution in [0.2, 0.25) is 0 Å². The van der Waals surface area contributed by atoms with Gasteiger partial charge in [-0.05, 0) is 61.9 Å². The lowest BCUT2D eigenvalue weighted by atomic mass is 9.88. The molecular weight excluding hydrogens is 492 g/mol. The van der Waals surface area contributed by atoms with Gasteiger partial charge in [0.1, 0.15) is 10.5 Å². The van der Waals surface area contributed by atoms with E-state index in [9.17, 15) is 14.4 Å². The summed E-state index contributed by atoms with van der Waals surface area (Å²) in [5, 5.41) is 3.20. The number of benzene rings is 2.